The summed E-state index contributed by atoms with van der Waals surface area (Å²) in [7, 11) is 0. The molecule has 9 heteroatoms. The second-order valence-electron chi connectivity index (χ2n) is 7.56. The Morgan fingerprint density at radius 1 is 1.32 bits per heavy atom. The van der Waals surface area contributed by atoms with Gasteiger partial charge in [-0.1, -0.05) is 19.0 Å². The minimum absolute atomic E-state index is 0.131. The van der Waals surface area contributed by atoms with Crippen LogP contribution in [0.3, 0.4) is 0 Å². The van der Waals surface area contributed by atoms with Crippen LogP contribution in [0.15, 0.2) is 21.1 Å². The third-order valence-electron chi connectivity index (χ3n) is 4.72. The molecule has 150 valence electrons. The van der Waals surface area contributed by atoms with Crippen LogP contribution in [0.5, 0.6) is 0 Å². The maximum absolute atomic E-state index is 12.8. The number of aromatic nitrogens is 1. The Hall–Kier alpha value is -3.10. The van der Waals surface area contributed by atoms with E-state index in [0.29, 0.717) is 30.0 Å². The van der Waals surface area contributed by atoms with Gasteiger partial charge >= 0.3 is 5.97 Å². The standard InChI is InChI=1S/C19H23N3O6/c1-11-4-5-12(27-11)9-20-17(25)16-13-10-22(7-6-14(13)28-21-16)18(26)19(2,3)8-15(23)24/h4-5H,6-10H2,1-3H3,(H,20,25)(H,23,24). The van der Waals surface area contributed by atoms with E-state index < -0.39 is 17.3 Å². The van der Waals surface area contributed by atoms with Crippen LogP contribution in [0.2, 0.25) is 0 Å². The van der Waals surface area contributed by atoms with Gasteiger partial charge in [0, 0.05) is 18.5 Å². The Morgan fingerprint density at radius 2 is 2.07 bits per heavy atom. The largest absolute Gasteiger partial charge is 0.481 e. The summed E-state index contributed by atoms with van der Waals surface area (Å²) in [5.74, 6) is 0.210. The van der Waals surface area contributed by atoms with Crippen LogP contribution in [-0.2, 0) is 29.1 Å². The lowest BCUT2D eigenvalue weighted by molar-refractivity contribution is -0.149. The minimum atomic E-state index is -1.04. The highest BCUT2D eigenvalue weighted by atomic mass is 16.5. The molecule has 2 aromatic rings. The molecule has 0 radical (unpaired) electrons. The average molecular weight is 389 g/mol. The zero-order valence-electron chi connectivity index (χ0n) is 16.1. The van der Waals surface area contributed by atoms with Gasteiger partial charge in [0.1, 0.15) is 17.3 Å². The number of rotatable bonds is 6. The van der Waals surface area contributed by atoms with Crippen LogP contribution in [0.1, 0.15) is 53.6 Å². The first kappa shape index (κ1) is 19.7. The molecule has 2 N–H and O–H groups in total. The Labute approximate surface area is 161 Å². The van der Waals surface area contributed by atoms with E-state index in [4.69, 9.17) is 14.0 Å². The van der Waals surface area contributed by atoms with Gasteiger partial charge in [-0.3, -0.25) is 14.4 Å². The fraction of sp³-hybridized carbons (Fsp3) is 0.474. The summed E-state index contributed by atoms with van der Waals surface area (Å²) in [5, 5.41) is 15.6. The predicted octanol–water partition coefficient (Wildman–Crippen LogP) is 1.89. The summed E-state index contributed by atoms with van der Waals surface area (Å²) >= 11 is 0. The SMILES string of the molecule is Cc1ccc(CNC(=O)c2noc3c2CN(C(=O)C(C)(C)CC(=O)O)CC3)o1. The van der Waals surface area contributed by atoms with E-state index in [0.717, 1.165) is 5.76 Å². The number of hydrogen-bond acceptors (Lipinski definition) is 6. The van der Waals surface area contributed by atoms with E-state index in [2.05, 4.69) is 10.5 Å². The minimum Gasteiger partial charge on any atom is -0.481 e. The van der Waals surface area contributed by atoms with E-state index >= 15 is 0 Å². The van der Waals surface area contributed by atoms with Crippen molar-refractivity contribution in [2.24, 2.45) is 5.41 Å². The lowest BCUT2D eigenvalue weighted by atomic mass is 9.87. The number of amides is 2. The Kier molecular flexibility index (Phi) is 5.26. The molecular weight excluding hydrogens is 366 g/mol. The Bertz CT molecular complexity index is 911. The maximum Gasteiger partial charge on any atom is 0.304 e. The number of nitrogens with zero attached hydrogens (tertiary/aromatic N) is 2. The molecule has 0 aliphatic carbocycles. The number of furan rings is 1. The van der Waals surface area contributed by atoms with Crippen LogP contribution in [0.4, 0.5) is 0 Å². The number of carboxylic acid groups (broad SMARTS) is 1. The molecule has 0 saturated heterocycles. The van der Waals surface area contributed by atoms with E-state index in [-0.39, 0.29) is 31.1 Å². The Morgan fingerprint density at radius 3 is 2.71 bits per heavy atom. The van der Waals surface area contributed by atoms with Crippen molar-refractivity contribution in [1.29, 1.82) is 0 Å². The van der Waals surface area contributed by atoms with Gasteiger partial charge < -0.3 is 24.3 Å². The summed E-state index contributed by atoms with van der Waals surface area (Å²) in [4.78, 5) is 37.9. The second kappa shape index (κ2) is 7.49. The van der Waals surface area contributed by atoms with Crippen molar-refractivity contribution in [1.82, 2.24) is 15.4 Å². The molecule has 1 aliphatic heterocycles. The monoisotopic (exact) mass is 389 g/mol. The number of carbonyl (C=O) groups is 3. The molecule has 9 nitrogen and oxygen atoms in total. The number of fused-ring (bicyclic) bond motifs is 1. The fourth-order valence-corrected chi connectivity index (χ4v) is 3.27. The number of nitrogens with one attached hydrogen (secondary N) is 1. The topological polar surface area (TPSA) is 126 Å². The summed E-state index contributed by atoms with van der Waals surface area (Å²) in [6.07, 6.45) is 0.149. The third-order valence-corrected chi connectivity index (χ3v) is 4.72. The van der Waals surface area contributed by atoms with Crippen molar-refractivity contribution < 1.29 is 28.4 Å². The van der Waals surface area contributed by atoms with Crippen LogP contribution < -0.4 is 5.32 Å². The molecule has 0 bridgehead atoms. The molecular formula is C19H23N3O6. The molecule has 0 spiro atoms. The van der Waals surface area contributed by atoms with Crippen molar-refractivity contribution in [3.63, 3.8) is 0 Å². The van der Waals surface area contributed by atoms with E-state index in [1.807, 2.05) is 13.0 Å². The second-order valence-corrected chi connectivity index (χ2v) is 7.56. The van der Waals surface area contributed by atoms with Crippen LogP contribution in [0.25, 0.3) is 0 Å². The first-order valence-corrected chi connectivity index (χ1v) is 8.99. The van der Waals surface area contributed by atoms with Gasteiger partial charge in [-0.25, -0.2) is 0 Å². The van der Waals surface area contributed by atoms with Crippen molar-refractivity contribution >= 4 is 17.8 Å². The first-order chi connectivity index (χ1) is 13.2. The zero-order chi connectivity index (χ0) is 20.5. The highest BCUT2D eigenvalue weighted by Crippen LogP contribution is 2.29. The molecule has 0 saturated carbocycles. The number of aryl methyl sites for hydroxylation is 1. The Balaban J connectivity index is 1.71. The van der Waals surface area contributed by atoms with E-state index in [1.54, 1.807) is 24.8 Å². The van der Waals surface area contributed by atoms with Gasteiger partial charge in [0.15, 0.2) is 5.69 Å². The van der Waals surface area contributed by atoms with Crippen LogP contribution in [-0.4, -0.2) is 39.5 Å². The molecule has 2 aromatic heterocycles. The molecule has 3 heterocycles. The molecule has 0 unspecified atom stereocenters. The van der Waals surface area contributed by atoms with E-state index in [9.17, 15) is 14.4 Å². The summed E-state index contributed by atoms with van der Waals surface area (Å²) in [6.45, 7) is 5.77. The molecule has 0 aromatic carbocycles. The molecule has 2 amide bonds. The van der Waals surface area contributed by atoms with Gasteiger partial charge in [-0.05, 0) is 19.1 Å². The van der Waals surface area contributed by atoms with Crippen molar-refractivity contribution in [2.45, 2.75) is 46.7 Å². The van der Waals surface area contributed by atoms with Gasteiger partial charge in [-0.15, -0.1) is 0 Å². The third kappa shape index (κ3) is 4.08. The normalized spacial score (nSPS) is 13.9. The number of carboxylic acids is 1. The average Bonchev–Trinajstić information content (AvgIpc) is 3.23. The fourth-order valence-electron chi connectivity index (χ4n) is 3.27. The van der Waals surface area contributed by atoms with Gasteiger partial charge in [0.2, 0.25) is 5.91 Å². The summed E-state index contributed by atoms with van der Waals surface area (Å²) < 4.78 is 10.7. The molecule has 0 atom stereocenters. The number of aliphatic carboxylic acids is 1. The summed E-state index contributed by atoms with van der Waals surface area (Å²) in [5.41, 5.74) is -0.356. The lowest BCUT2D eigenvalue weighted by Crippen LogP contribution is -2.44. The van der Waals surface area contributed by atoms with Gasteiger partial charge in [0.25, 0.3) is 5.91 Å². The maximum atomic E-state index is 12.8. The number of hydrogen-bond donors (Lipinski definition) is 2. The quantitative estimate of drug-likeness (QED) is 0.772. The number of carbonyl (C=O) groups excluding carboxylic acids is 2. The van der Waals surface area contributed by atoms with E-state index in [1.165, 1.54) is 0 Å². The van der Waals surface area contributed by atoms with Crippen molar-refractivity contribution in [3.8, 4) is 0 Å². The molecule has 3 rings (SSSR count). The lowest BCUT2D eigenvalue weighted by Gasteiger charge is -2.33. The highest BCUT2D eigenvalue weighted by Gasteiger charge is 2.37. The van der Waals surface area contributed by atoms with Crippen LogP contribution in [0, 0.1) is 12.3 Å². The van der Waals surface area contributed by atoms with Crippen molar-refractivity contribution in [3.05, 3.63) is 40.7 Å². The molecule has 1 aliphatic rings. The highest BCUT2D eigenvalue weighted by molar-refractivity contribution is 5.94. The van der Waals surface area contributed by atoms with Gasteiger partial charge in [0.05, 0.1) is 24.9 Å². The first-order valence-electron chi connectivity index (χ1n) is 8.99. The zero-order valence-corrected chi connectivity index (χ0v) is 16.1. The van der Waals surface area contributed by atoms with Crippen molar-refractivity contribution in [2.75, 3.05) is 6.54 Å². The smallest absolute Gasteiger partial charge is 0.304 e. The summed E-state index contributed by atoms with van der Waals surface area (Å²) in [6, 6.07) is 3.58. The predicted molar refractivity (Wildman–Crippen MR) is 96.3 cm³/mol. The van der Waals surface area contributed by atoms with Gasteiger partial charge in [-0.2, -0.15) is 0 Å². The van der Waals surface area contributed by atoms with Crippen LogP contribution >= 0.6 is 0 Å². The molecule has 28 heavy (non-hydrogen) atoms. The molecule has 0 fully saturated rings.